The molecule has 4 nitrogen and oxygen atoms in total. The first-order chi connectivity index (χ1) is 9.74. The lowest BCUT2D eigenvalue weighted by atomic mass is 10.1. The summed E-state index contributed by atoms with van der Waals surface area (Å²) in [5.74, 6) is 1.42. The number of hydrogen-bond acceptors (Lipinski definition) is 3. The molecule has 0 spiro atoms. The van der Waals surface area contributed by atoms with Gasteiger partial charge in [-0.25, -0.2) is 0 Å². The summed E-state index contributed by atoms with van der Waals surface area (Å²) >= 11 is 0. The van der Waals surface area contributed by atoms with Crippen molar-refractivity contribution in [2.45, 2.75) is 32.2 Å². The van der Waals surface area contributed by atoms with Crippen molar-refractivity contribution in [1.29, 1.82) is 0 Å². The van der Waals surface area contributed by atoms with E-state index in [-0.39, 0.29) is 5.91 Å². The summed E-state index contributed by atoms with van der Waals surface area (Å²) in [7, 11) is 0. The molecule has 2 aliphatic rings. The summed E-state index contributed by atoms with van der Waals surface area (Å²) in [6.07, 6.45) is 3.05. The monoisotopic (exact) mass is 274 g/mol. The quantitative estimate of drug-likeness (QED) is 0.895. The maximum atomic E-state index is 12.3. The van der Waals surface area contributed by atoms with Gasteiger partial charge in [0.2, 0.25) is 5.91 Å². The molecule has 3 rings (SSSR count). The predicted octanol–water partition coefficient (Wildman–Crippen LogP) is 2.19. The van der Waals surface area contributed by atoms with Crippen molar-refractivity contribution in [2.24, 2.45) is 5.92 Å². The molecule has 1 aromatic carbocycles. The molecule has 1 atom stereocenters. The molecule has 0 radical (unpaired) electrons. The topological polar surface area (TPSA) is 41.6 Å². The van der Waals surface area contributed by atoms with Gasteiger partial charge in [-0.1, -0.05) is 19.1 Å². The average Bonchev–Trinajstić information content (AvgIpc) is 3.27. The molecular formula is C16H22N2O2. The normalized spacial score (nSPS) is 20.1. The Balaban J connectivity index is 1.70. The number of nitrogens with one attached hydrogen (secondary N) is 1. The van der Waals surface area contributed by atoms with Crippen LogP contribution in [-0.4, -0.2) is 31.6 Å². The van der Waals surface area contributed by atoms with Crippen LogP contribution in [0.4, 0.5) is 5.69 Å². The van der Waals surface area contributed by atoms with Gasteiger partial charge in [0.15, 0.2) is 0 Å². The first kappa shape index (κ1) is 13.4. The highest BCUT2D eigenvalue weighted by Crippen LogP contribution is 2.31. The van der Waals surface area contributed by atoms with Gasteiger partial charge in [0.1, 0.15) is 5.75 Å². The van der Waals surface area contributed by atoms with Crippen LogP contribution in [0, 0.1) is 5.92 Å². The molecule has 1 aliphatic heterocycles. The van der Waals surface area contributed by atoms with Crippen LogP contribution in [0.2, 0.25) is 0 Å². The highest BCUT2D eigenvalue weighted by Gasteiger charge is 2.26. The van der Waals surface area contributed by atoms with Crippen LogP contribution in [-0.2, 0) is 4.79 Å². The lowest BCUT2D eigenvalue weighted by Gasteiger charge is -2.25. The van der Waals surface area contributed by atoms with E-state index < -0.39 is 0 Å². The third-order valence-corrected chi connectivity index (χ3v) is 3.86. The highest BCUT2D eigenvalue weighted by atomic mass is 16.5. The van der Waals surface area contributed by atoms with Crippen LogP contribution in [0.3, 0.4) is 0 Å². The Morgan fingerprint density at radius 3 is 3.00 bits per heavy atom. The number of fused-ring (bicyclic) bond motifs is 1. The number of ether oxygens (including phenoxy) is 1. The van der Waals surface area contributed by atoms with Gasteiger partial charge in [0, 0.05) is 12.6 Å². The number of para-hydroxylation sites is 2. The molecule has 0 aromatic heterocycles. The standard InChI is InChI=1S/C16H22N2O2/c1-12(10-17-13-6-7-13)11-18-14-4-2-3-5-15(14)20-9-8-16(18)19/h2-5,12-13,17H,6-11H2,1H3. The number of anilines is 1. The zero-order chi connectivity index (χ0) is 13.9. The van der Waals surface area contributed by atoms with Gasteiger partial charge < -0.3 is 15.0 Å². The summed E-state index contributed by atoms with van der Waals surface area (Å²) in [6.45, 7) is 4.38. The number of carbonyl (C=O) groups is 1. The van der Waals surface area contributed by atoms with Crippen molar-refractivity contribution in [1.82, 2.24) is 5.32 Å². The number of rotatable bonds is 5. The maximum Gasteiger partial charge on any atom is 0.230 e. The minimum Gasteiger partial charge on any atom is -0.491 e. The zero-order valence-corrected chi connectivity index (χ0v) is 12.0. The number of hydrogen-bond donors (Lipinski definition) is 1. The zero-order valence-electron chi connectivity index (χ0n) is 12.0. The first-order valence-electron chi connectivity index (χ1n) is 7.49. The SMILES string of the molecule is CC(CNC1CC1)CN1C(=O)CCOc2ccccc21. The Morgan fingerprint density at radius 2 is 2.20 bits per heavy atom. The number of carbonyl (C=O) groups excluding carboxylic acids is 1. The van der Waals surface area contributed by atoms with Gasteiger partial charge in [-0.05, 0) is 37.4 Å². The van der Waals surface area contributed by atoms with Gasteiger partial charge in [0.25, 0.3) is 0 Å². The molecule has 1 unspecified atom stereocenters. The Bertz CT molecular complexity index is 485. The van der Waals surface area contributed by atoms with Gasteiger partial charge in [-0.2, -0.15) is 0 Å². The van der Waals surface area contributed by atoms with E-state index in [4.69, 9.17) is 4.74 Å². The van der Waals surface area contributed by atoms with Gasteiger partial charge >= 0.3 is 0 Å². The summed E-state index contributed by atoms with van der Waals surface area (Å²) < 4.78 is 5.66. The fraction of sp³-hybridized carbons (Fsp3) is 0.562. The average molecular weight is 274 g/mol. The van der Waals surface area contributed by atoms with Crippen molar-refractivity contribution in [2.75, 3.05) is 24.6 Å². The van der Waals surface area contributed by atoms with Gasteiger partial charge in [-0.15, -0.1) is 0 Å². The molecule has 1 N–H and O–H groups in total. The van der Waals surface area contributed by atoms with E-state index in [9.17, 15) is 4.79 Å². The number of benzene rings is 1. The molecule has 1 fully saturated rings. The van der Waals surface area contributed by atoms with Crippen LogP contribution in [0.25, 0.3) is 0 Å². The van der Waals surface area contributed by atoms with Crippen LogP contribution < -0.4 is 15.0 Å². The maximum absolute atomic E-state index is 12.3. The van der Waals surface area contributed by atoms with E-state index in [1.54, 1.807) is 0 Å². The fourth-order valence-electron chi connectivity index (χ4n) is 2.55. The van der Waals surface area contributed by atoms with Crippen LogP contribution in [0.5, 0.6) is 5.75 Å². The molecule has 1 aromatic rings. The second-order valence-corrected chi connectivity index (χ2v) is 5.86. The third-order valence-electron chi connectivity index (χ3n) is 3.86. The Labute approximate surface area is 120 Å². The summed E-state index contributed by atoms with van der Waals surface area (Å²) in [5.41, 5.74) is 0.910. The highest BCUT2D eigenvalue weighted by molar-refractivity contribution is 5.95. The lowest BCUT2D eigenvalue weighted by molar-refractivity contribution is -0.118. The van der Waals surface area contributed by atoms with E-state index in [2.05, 4.69) is 12.2 Å². The molecule has 20 heavy (non-hydrogen) atoms. The molecule has 0 bridgehead atoms. The Kier molecular flexibility index (Phi) is 3.92. The molecular weight excluding hydrogens is 252 g/mol. The van der Waals surface area contributed by atoms with Crippen molar-refractivity contribution in [3.63, 3.8) is 0 Å². The minimum atomic E-state index is 0.160. The Hall–Kier alpha value is -1.55. The third kappa shape index (κ3) is 3.12. The van der Waals surface area contributed by atoms with E-state index in [1.165, 1.54) is 12.8 Å². The van der Waals surface area contributed by atoms with Crippen LogP contribution in [0.1, 0.15) is 26.2 Å². The van der Waals surface area contributed by atoms with Crippen molar-refractivity contribution >= 4 is 11.6 Å². The fourth-order valence-corrected chi connectivity index (χ4v) is 2.55. The van der Waals surface area contributed by atoms with Gasteiger partial charge in [-0.3, -0.25) is 4.79 Å². The summed E-state index contributed by atoms with van der Waals surface area (Å²) in [4.78, 5) is 14.2. The molecule has 1 saturated carbocycles. The van der Waals surface area contributed by atoms with Crippen LogP contribution >= 0.6 is 0 Å². The largest absolute Gasteiger partial charge is 0.491 e. The number of amides is 1. The van der Waals surface area contributed by atoms with Crippen molar-refractivity contribution in [3.05, 3.63) is 24.3 Å². The molecule has 108 valence electrons. The second kappa shape index (κ2) is 5.83. The predicted molar refractivity (Wildman–Crippen MR) is 79.1 cm³/mol. The van der Waals surface area contributed by atoms with E-state index in [0.717, 1.165) is 24.5 Å². The second-order valence-electron chi connectivity index (χ2n) is 5.86. The minimum absolute atomic E-state index is 0.160. The summed E-state index contributed by atoms with van der Waals surface area (Å²) in [6, 6.07) is 8.53. The lowest BCUT2D eigenvalue weighted by Crippen LogP contribution is -2.37. The molecule has 1 amide bonds. The number of nitrogens with zero attached hydrogens (tertiary/aromatic N) is 1. The first-order valence-corrected chi connectivity index (χ1v) is 7.49. The molecule has 1 aliphatic carbocycles. The van der Waals surface area contributed by atoms with Crippen molar-refractivity contribution in [3.8, 4) is 5.75 Å². The molecule has 4 heteroatoms. The van der Waals surface area contributed by atoms with Crippen molar-refractivity contribution < 1.29 is 9.53 Å². The van der Waals surface area contributed by atoms with E-state index in [1.807, 2.05) is 29.2 Å². The molecule has 1 heterocycles. The smallest absolute Gasteiger partial charge is 0.230 e. The van der Waals surface area contributed by atoms with E-state index >= 15 is 0 Å². The Morgan fingerprint density at radius 1 is 1.40 bits per heavy atom. The molecule has 0 saturated heterocycles. The summed E-state index contributed by atoms with van der Waals surface area (Å²) in [5, 5.41) is 3.53. The van der Waals surface area contributed by atoms with Gasteiger partial charge in [0.05, 0.1) is 18.7 Å². The van der Waals surface area contributed by atoms with E-state index in [0.29, 0.717) is 25.0 Å². The van der Waals surface area contributed by atoms with Crippen LogP contribution in [0.15, 0.2) is 24.3 Å².